The molecule has 0 saturated carbocycles. The largest absolute Gasteiger partial charge is 0.326 e. The molecule has 0 spiro atoms. The molecule has 0 radical (unpaired) electrons. The van der Waals surface area contributed by atoms with Crippen LogP contribution in [0.1, 0.15) is 12.0 Å². The Bertz CT molecular complexity index is 258. The molecule has 11 heavy (non-hydrogen) atoms. The highest BCUT2D eigenvalue weighted by Gasteiger charge is 1.94. The molecule has 0 aromatic carbocycles. The Morgan fingerprint density at radius 1 is 1.73 bits per heavy atom. The molecule has 0 atom stereocenters. The molecular formula is C7H10N4. The Kier molecular flexibility index (Phi) is 2.64. The van der Waals surface area contributed by atoms with Crippen LogP contribution >= 0.6 is 0 Å². The molecule has 0 aliphatic carbocycles. The lowest BCUT2D eigenvalue weighted by molar-refractivity contribution is 0.627. The van der Waals surface area contributed by atoms with Crippen molar-refractivity contribution < 1.29 is 0 Å². The molecule has 1 heterocycles. The van der Waals surface area contributed by atoms with Gasteiger partial charge in [-0.25, -0.2) is 0 Å². The van der Waals surface area contributed by atoms with Gasteiger partial charge in [0.25, 0.3) is 0 Å². The molecule has 1 aromatic rings. The van der Waals surface area contributed by atoms with Crippen molar-refractivity contribution in [3.05, 3.63) is 18.0 Å². The fraction of sp³-hybridized carbons (Fsp3) is 0.429. The van der Waals surface area contributed by atoms with Gasteiger partial charge in [0.15, 0.2) is 0 Å². The van der Waals surface area contributed by atoms with E-state index in [0.717, 1.165) is 5.56 Å². The zero-order chi connectivity index (χ0) is 8.10. The lowest BCUT2D eigenvalue weighted by Crippen LogP contribution is -1.97. The Balaban J connectivity index is 2.53. The zero-order valence-corrected chi connectivity index (χ0v) is 6.20. The van der Waals surface area contributed by atoms with E-state index in [4.69, 9.17) is 11.0 Å². The standard InChI is InChI=1S/C7H10N4/c8-2-1-3-11-6-7(4-9)5-10-11/h5-6H,1,3-4,9H2. The third-order valence-corrected chi connectivity index (χ3v) is 1.38. The Morgan fingerprint density at radius 3 is 3.09 bits per heavy atom. The van der Waals surface area contributed by atoms with Crippen molar-refractivity contribution in [2.45, 2.75) is 19.5 Å². The summed E-state index contributed by atoms with van der Waals surface area (Å²) in [5.74, 6) is 0. The molecule has 0 saturated heterocycles. The van der Waals surface area contributed by atoms with Crippen molar-refractivity contribution in [2.75, 3.05) is 0 Å². The highest BCUT2D eigenvalue weighted by Crippen LogP contribution is 1.96. The minimum absolute atomic E-state index is 0.492. The Labute approximate surface area is 65.2 Å². The van der Waals surface area contributed by atoms with Crippen molar-refractivity contribution in [3.63, 3.8) is 0 Å². The van der Waals surface area contributed by atoms with E-state index >= 15 is 0 Å². The highest BCUT2D eigenvalue weighted by atomic mass is 15.3. The number of nitriles is 1. The maximum atomic E-state index is 8.28. The number of rotatable bonds is 3. The SMILES string of the molecule is N#CCCn1cc(CN)cn1. The van der Waals surface area contributed by atoms with E-state index in [1.54, 1.807) is 10.9 Å². The van der Waals surface area contributed by atoms with E-state index < -0.39 is 0 Å². The van der Waals surface area contributed by atoms with Gasteiger partial charge in [-0.2, -0.15) is 10.4 Å². The molecular weight excluding hydrogens is 140 g/mol. The van der Waals surface area contributed by atoms with Crippen molar-refractivity contribution in [1.82, 2.24) is 9.78 Å². The van der Waals surface area contributed by atoms with Crippen LogP contribution in [0.15, 0.2) is 12.4 Å². The smallest absolute Gasteiger partial charge is 0.0641 e. The van der Waals surface area contributed by atoms with Crippen molar-refractivity contribution >= 4 is 0 Å². The van der Waals surface area contributed by atoms with E-state index in [-0.39, 0.29) is 0 Å². The second kappa shape index (κ2) is 3.74. The van der Waals surface area contributed by atoms with Crippen LogP contribution in [0.2, 0.25) is 0 Å². The van der Waals surface area contributed by atoms with Crippen LogP contribution in [0.3, 0.4) is 0 Å². The normalized spacial score (nSPS) is 9.45. The molecule has 2 N–H and O–H groups in total. The molecule has 0 fully saturated rings. The quantitative estimate of drug-likeness (QED) is 0.671. The zero-order valence-electron chi connectivity index (χ0n) is 6.20. The molecule has 4 nitrogen and oxygen atoms in total. The third-order valence-electron chi connectivity index (χ3n) is 1.38. The lowest BCUT2D eigenvalue weighted by Gasteiger charge is -1.92. The summed E-state index contributed by atoms with van der Waals surface area (Å²) < 4.78 is 1.73. The van der Waals surface area contributed by atoms with Gasteiger partial charge in [-0.15, -0.1) is 0 Å². The van der Waals surface area contributed by atoms with Gasteiger partial charge in [-0.3, -0.25) is 4.68 Å². The third kappa shape index (κ3) is 2.06. The molecule has 58 valence electrons. The fourth-order valence-electron chi connectivity index (χ4n) is 0.799. The summed E-state index contributed by atoms with van der Waals surface area (Å²) >= 11 is 0. The molecule has 0 amide bonds. The summed E-state index contributed by atoms with van der Waals surface area (Å²) in [6.07, 6.45) is 4.07. The summed E-state index contributed by atoms with van der Waals surface area (Å²) in [4.78, 5) is 0. The van der Waals surface area contributed by atoms with E-state index in [9.17, 15) is 0 Å². The van der Waals surface area contributed by atoms with Gasteiger partial charge in [0.05, 0.1) is 25.2 Å². The Morgan fingerprint density at radius 2 is 2.55 bits per heavy atom. The molecule has 0 unspecified atom stereocenters. The monoisotopic (exact) mass is 150 g/mol. The topological polar surface area (TPSA) is 67.6 Å². The van der Waals surface area contributed by atoms with Gasteiger partial charge in [0.2, 0.25) is 0 Å². The van der Waals surface area contributed by atoms with Crippen LogP contribution < -0.4 is 5.73 Å². The van der Waals surface area contributed by atoms with E-state index in [2.05, 4.69) is 11.2 Å². The lowest BCUT2D eigenvalue weighted by atomic mass is 10.4. The number of aryl methyl sites for hydroxylation is 1. The first-order valence-corrected chi connectivity index (χ1v) is 3.45. The summed E-state index contributed by atoms with van der Waals surface area (Å²) in [6, 6.07) is 2.05. The Hall–Kier alpha value is -1.34. The van der Waals surface area contributed by atoms with Crippen molar-refractivity contribution in [1.29, 1.82) is 5.26 Å². The van der Waals surface area contributed by atoms with Crippen LogP contribution in [0.5, 0.6) is 0 Å². The van der Waals surface area contributed by atoms with Gasteiger partial charge < -0.3 is 5.73 Å². The van der Waals surface area contributed by atoms with Crippen LogP contribution in [-0.2, 0) is 13.1 Å². The highest BCUT2D eigenvalue weighted by molar-refractivity contribution is 5.02. The summed E-state index contributed by atoms with van der Waals surface area (Å²) in [5, 5.41) is 12.3. The number of hydrogen-bond donors (Lipinski definition) is 1. The minimum Gasteiger partial charge on any atom is -0.326 e. The fourth-order valence-corrected chi connectivity index (χ4v) is 0.799. The van der Waals surface area contributed by atoms with Gasteiger partial charge in [0.1, 0.15) is 0 Å². The molecule has 4 heteroatoms. The van der Waals surface area contributed by atoms with Crippen LogP contribution in [0.4, 0.5) is 0 Å². The van der Waals surface area contributed by atoms with Crippen LogP contribution in [0.25, 0.3) is 0 Å². The number of nitrogens with zero attached hydrogens (tertiary/aromatic N) is 3. The second-order valence-electron chi connectivity index (χ2n) is 2.22. The van der Waals surface area contributed by atoms with Gasteiger partial charge in [-0.1, -0.05) is 0 Å². The first-order chi connectivity index (χ1) is 5.36. The first kappa shape index (κ1) is 7.76. The van der Waals surface area contributed by atoms with E-state index in [0.29, 0.717) is 19.5 Å². The number of nitrogens with two attached hydrogens (primary N) is 1. The summed E-state index contributed by atoms with van der Waals surface area (Å²) in [5.41, 5.74) is 6.38. The molecule has 0 aliphatic heterocycles. The van der Waals surface area contributed by atoms with Crippen molar-refractivity contribution in [3.8, 4) is 6.07 Å². The molecule has 0 aliphatic rings. The van der Waals surface area contributed by atoms with E-state index in [1.165, 1.54) is 0 Å². The average molecular weight is 150 g/mol. The van der Waals surface area contributed by atoms with Crippen LogP contribution in [0, 0.1) is 11.3 Å². The van der Waals surface area contributed by atoms with Gasteiger partial charge in [-0.05, 0) is 0 Å². The van der Waals surface area contributed by atoms with Crippen molar-refractivity contribution in [2.24, 2.45) is 5.73 Å². The minimum atomic E-state index is 0.492. The van der Waals surface area contributed by atoms with Crippen LogP contribution in [-0.4, -0.2) is 9.78 Å². The van der Waals surface area contributed by atoms with E-state index in [1.807, 2.05) is 6.20 Å². The van der Waals surface area contributed by atoms with Gasteiger partial charge >= 0.3 is 0 Å². The average Bonchev–Trinajstić information content (AvgIpc) is 2.48. The van der Waals surface area contributed by atoms with Gasteiger partial charge in [0, 0.05) is 18.3 Å². The second-order valence-corrected chi connectivity index (χ2v) is 2.22. The first-order valence-electron chi connectivity index (χ1n) is 3.45. The maximum Gasteiger partial charge on any atom is 0.0641 e. The molecule has 1 aromatic heterocycles. The predicted octanol–water partition coefficient (Wildman–Crippen LogP) is 0.255. The molecule has 1 rings (SSSR count). The number of hydrogen-bond acceptors (Lipinski definition) is 3. The summed E-state index contributed by atoms with van der Waals surface area (Å²) in [7, 11) is 0. The maximum absolute atomic E-state index is 8.28. The predicted molar refractivity (Wildman–Crippen MR) is 40.3 cm³/mol. The summed E-state index contributed by atoms with van der Waals surface area (Å²) in [6.45, 7) is 1.16. The number of aromatic nitrogens is 2. The molecule has 0 bridgehead atoms.